The number of hydrogen-bond acceptors (Lipinski definition) is 3. The van der Waals surface area contributed by atoms with Crippen molar-refractivity contribution in [1.29, 1.82) is 0 Å². The lowest BCUT2D eigenvalue weighted by Crippen LogP contribution is -2.50. The Bertz CT molecular complexity index is 300. The molecule has 0 spiro atoms. The van der Waals surface area contributed by atoms with Crippen LogP contribution in [0.4, 0.5) is 0 Å². The quantitative estimate of drug-likeness (QED) is 0.640. The highest BCUT2D eigenvalue weighted by Crippen LogP contribution is 2.27. The Kier molecular flexibility index (Phi) is 3.99. The Morgan fingerprint density at radius 1 is 1.41 bits per heavy atom. The van der Waals surface area contributed by atoms with Crippen molar-refractivity contribution in [2.45, 2.75) is 50.6 Å². The third kappa shape index (κ3) is 2.97. The summed E-state index contributed by atoms with van der Waals surface area (Å²) in [5.74, 6) is 0.412. The fourth-order valence-electron chi connectivity index (χ4n) is 2.82. The number of carbonyl (C=O) groups is 2. The van der Waals surface area contributed by atoms with Gasteiger partial charge in [-0.05, 0) is 25.2 Å². The monoisotopic (exact) mass is 239 g/mol. The SMILES string of the molecule is NCC(NC(=O)[C@H]1CCC(=O)N1)C1CCCC1. The fraction of sp³-hybridized carbons (Fsp3) is 0.833. The molecule has 1 saturated heterocycles. The molecule has 0 radical (unpaired) electrons. The molecule has 2 fully saturated rings. The average Bonchev–Trinajstić information content (AvgIpc) is 2.96. The first-order valence-electron chi connectivity index (χ1n) is 6.50. The van der Waals surface area contributed by atoms with Crippen molar-refractivity contribution in [3.63, 3.8) is 0 Å². The van der Waals surface area contributed by atoms with E-state index in [0.29, 0.717) is 25.3 Å². The second-order valence-electron chi connectivity index (χ2n) is 5.05. The van der Waals surface area contributed by atoms with E-state index in [1.54, 1.807) is 0 Å². The van der Waals surface area contributed by atoms with Crippen LogP contribution < -0.4 is 16.4 Å². The molecule has 0 aromatic rings. The van der Waals surface area contributed by atoms with Gasteiger partial charge < -0.3 is 16.4 Å². The molecule has 1 aliphatic heterocycles. The Morgan fingerprint density at radius 3 is 2.65 bits per heavy atom. The summed E-state index contributed by atoms with van der Waals surface area (Å²) < 4.78 is 0. The van der Waals surface area contributed by atoms with Crippen LogP contribution in [0.15, 0.2) is 0 Å². The Morgan fingerprint density at radius 2 is 2.12 bits per heavy atom. The molecular weight excluding hydrogens is 218 g/mol. The van der Waals surface area contributed by atoms with Gasteiger partial charge in [0.2, 0.25) is 11.8 Å². The Hall–Kier alpha value is -1.10. The minimum absolute atomic E-state index is 0.0321. The molecular formula is C12H21N3O2. The van der Waals surface area contributed by atoms with E-state index < -0.39 is 0 Å². The number of rotatable bonds is 4. The smallest absolute Gasteiger partial charge is 0.242 e. The standard InChI is InChI=1S/C12H21N3O2/c13-7-10(8-3-1-2-4-8)15-12(17)9-5-6-11(16)14-9/h8-10H,1-7,13H2,(H,14,16)(H,15,17)/t9-,10?/m1/s1. The summed E-state index contributed by atoms with van der Waals surface area (Å²) in [4.78, 5) is 23.0. The maximum Gasteiger partial charge on any atom is 0.242 e. The average molecular weight is 239 g/mol. The van der Waals surface area contributed by atoms with Crippen molar-refractivity contribution in [2.24, 2.45) is 11.7 Å². The van der Waals surface area contributed by atoms with E-state index in [1.807, 2.05) is 0 Å². The van der Waals surface area contributed by atoms with E-state index in [9.17, 15) is 9.59 Å². The van der Waals surface area contributed by atoms with Crippen LogP contribution in [0.2, 0.25) is 0 Å². The molecule has 1 unspecified atom stereocenters. The van der Waals surface area contributed by atoms with E-state index in [1.165, 1.54) is 12.8 Å². The van der Waals surface area contributed by atoms with Gasteiger partial charge in [0.05, 0.1) is 0 Å². The van der Waals surface area contributed by atoms with Crippen molar-refractivity contribution in [3.8, 4) is 0 Å². The van der Waals surface area contributed by atoms with E-state index in [2.05, 4.69) is 10.6 Å². The summed E-state index contributed by atoms with van der Waals surface area (Å²) in [6, 6.07) is -0.277. The molecule has 96 valence electrons. The van der Waals surface area contributed by atoms with E-state index in [-0.39, 0.29) is 23.9 Å². The number of nitrogens with one attached hydrogen (secondary N) is 2. The highest BCUT2D eigenvalue weighted by Gasteiger charge is 2.31. The minimum Gasteiger partial charge on any atom is -0.350 e. The summed E-state index contributed by atoms with van der Waals surface area (Å²) in [6.07, 6.45) is 5.83. The van der Waals surface area contributed by atoms with Gasteiger partial charge in [-0.3, -0.25) is 9.59 Å². The van der Waals surface area contributed by atoms with E-state index in [0.717, 1.165) is 12.8 Å². The van der Waals surface area contributed by atoms with Crippen LogP contribution in [-0.2, 0) is 9.59 Å². The van der Waals surface area contributed by atoms with Crippen molar-refractivity contribution in [1.82, 2.24) is 10.6 Å². The highest BCUT2D eigenvalue weighted by molar-refractivity contribution is 5.90. The summed E-state index contributed by atoms with van der Waals surface area (Å²) in [5, 5.41) is 5.67. The molecule has 2 rings (SSSR count). The predicted octanol–water partition coefficient (Wildman–Crippen LogP) is -0.101. The van der Waals surface area contributed by atoms with Gasteiger partial charge in [-0.15, -0.1) is 0 Å². The minimum atomic E-state index is -0.349. The van der Waals surface area contributed by atoms with Crippen LogP contribution in [0.1, 0.15) is 38.5 Å². The summed E-state index contributed by atoms with van der Waals surface area (Å²) in [5.41, 5.74) is 5.72. The van der Waals surface area contributed by atoms with Gasteiger partial charge in [-0.1, -0.05) is 12.8 Å². The first kappa shape index (κ1) is 12.4. The number of carbonyl (C=O) groups excluding carboxylic acids is 2. The van der Waals surface area contributed by atoms with Gasteiger partial charge in [0.1, 0.15) is 6.04 Å². The maximum absolute atomic E-state index is 11.9. The lowest BCUT2D eigenvalue weighted by Gasteiger charge is -2.24. The second kappa shape index (κ2) is 5.49. The third-order valence-corrected chi connectivity index (χ3v) is 3.86. The van der Waals surface area contributed by atoms with Crippen molar-refractivity contribution in [3.05, 3.63) is 0 Å². The molecule has 0 aromatic heterocycles. The summed E-state index contributed by atoms with van der Waals surface area (Å²) in [7, 11) is 0. The van der Waals surface area contributed by atoms with Crippen molar-refractivity contribution < 1.29 is 9.59 Å². The lowest BCUT2D eigenvalue weighted by atomic mass is 9.98. The predicted molar refractivity (Wildman–Crippen MR) is 64.1 cm³/mol. The molecule has 5 heteroatoms. The molecule has 0 bridgehead atoms. The highest BCUT2D eigenvalue weighted by atomic mass is 16.2. The first-order valence-corrected chi connectivity index (χ1v) is 6.50. The molecule has 4 N–H and O–H groups in total. The summed E-state index contributed by atoms with van der Waals surface area (Å²) >= 11 is 0. The van der Waals surface area contributed by atoms with Gasteiger partial charge in [0.15, 0.2) is 0 Å². The molecule has 2 aliphatic rings. The van der Waals surface area contributed by atoms with Gasteiger partial charge in [-0.2, -0.15) is 0 Å². The van der Waals surface area contributed by atoms with Gasteiger partial charge >= 0.3 is 0 Å². The zero-order valence-electron chi connectivity index (χ0n) is 10.1. The number of nitrogens with two attached hydrogens (primary N) is 1. The number of hydrogen-bond donors (Lipinski definition) is 3. The van der Waals surface area contributed by atoms with E-state index >= 15 is 0 Å². The third-order valence-electron chi connectivity index (χ3n) is 3.86. The van der Waals surface area contributed by atoms with Crippen LogP contribution in [-0.4, -0.2) is 30.4 Å². The molecule has 17 heavy (non-hydrogen) atoms. The van der Waals surface area contributed by atoms with Crippen molar-refractivity contribution >= 4 is 11.8 Å². The molecule has 1 aliphatic carbocycles. The zero-order chi connectivity index (χ0) is 12.3. The van der Waals surface area contributed by atoms with Gasteiger partial charge in [-0.25, -0.2) is 0 Å². The van der Waals surface area contributed by atoms with Crippen LogP contribution in [0.25, 0.3) is 0 Å². The van der Waals surface area contributed by atoms with Crippen LogP contribution in [0, 0.1) is 5.92 Å². The second-order valence-corrected chi connectivity index (χ2v) is 5.05. The normalized spacial score (nSPS) is 26.9. The van der Waals surface area contributed by atoms with Crippen LogP contribution in [0.5, 0.6) is 0 Å². The van der Waals surface area contributed by atoms with Crippen LogP contribution in [0.3, 0.4) is 0 Å². The van der Waals surface area contributed by atoms with Gasteiger partial charge in [0, 0.05) is 19.0 Å². The van der Waals surface area contributed by atoms with Crippen molar-refractivity contribution in [2.75, 3.05) is 6.54 Å². The molecule has 1 heterocycles. The van der Waals surface area contributed by atoms with Crippen LogP contribution >= 0.6 is 0 Å². The molecule has 1 saturated carbocycles. The van der Waals surface area contributed by atoms with E-state index in [4.69, 9.17) is 5.73 Å². The molecule has 0 aromatic carbocycles. The lowest BCUT2D eigenvalue weighted by molar-refractivity contribution is -0.126. The summed E-state index contributed by atoms with van der Waals surface area (Å²) in [6.45, 7) is 0.483. The Balaban J connectivity index is 1.85. The molecule has 2 amide bonds. The first-order chi connectivity index (χ1) is 8.20. The molecule has 2 atom stereocenters. The largest absolute Gasteiger partial charge is 0.350 e. The fourth-order valence-corrected chi connectivity index (χ4v) is 2.82. The number of amides is 2. The topological polar surface area (TPSA) is 84.2 Å². The molecule has 5 nitrogen and oxygen atoms in total. The van der Waals surface area contributed by atoms with Gasteiger partial charge in [0.25, 0.3) is 0 Å². The maximum atomic E-state index is 11.9. The zero-order valence-corrected chi connectivity index (χ0v) is 10.1. The Labute approximate surface area is 102 Å².